The predicted octanol–water partition coefficient (Wildman–Crippen LogP) is 5.34. The van der Waals surface area contributed by atoms with E-state index in [9.17, 15) is 10.1 Å². The van der Waals surface area contributed by atoms with Gasteiger partial charge in [-0.3, -0.25) is 10.1 Å². The second kappa shape index (κ2) is 6.09. The lowest BCUT2D eigenvalue weighted by atomic mass is 10.3. The van der Waals surface area contributed by atoms with E-state index in [1.54, 1.807) is 6.07 Å². The highest BCUT2D eigenvalue weighted by Crippen LogP contribution is 2.33. The Morgan fingerprint density at radius 3 is 2.63 bits per heavy atom. The van der Waals surface area contributed by atoms with Gasteiger partial charge in [-0.2, -0.15) is 0 Å². The molecule has 0 aliphatic carbocycles. The molecule has 8 heteroatoms. The van der Waals surface area contributed by atoms with E-state index in [2.05, 4.69) is 21.2 Å². The van der Waals surface area contributed by atoms with E-state index in [1.165, 1.54) is 23.5 Å². The van der Waals surface area contributed by atoms with E-state index in [1.807, 2.05) is 6.07 Å². The number of nitrogens with one attached hydrogen (secondary N) is 1. The number of nitrogens with zero attached hydrogens (tertiary/aromatic N) is 1. The predicted molar refractivity (Wildman–Crippen MR) is 82.5 cm³/mol. The molecule has 0 spiro atoms. The Morgan fingerprint density at radius 1 is 1.37 bits per heavy atom. The van der Waals surface area contributed by atoms with E-state index >= 15 is 0 Å². The van der Waals surface area contributed by atoms with Gasteiger partial charge in [0.15, 0.2) is 0 Å². The normalized spacial score (nSPS) is 10.5. The Hall–Kier alpha value is -0.820. The maximum absolute atomic E-state index is 10.6. The maximum atomic E-state index is 10.6. The van der Waals surface area contributed by atoms with Crippen molar-refractivity contribution in [3.8, 4) is 0 Å². The number of nitro groups is 1. The summed E-state index contributed by atoms with van der Waals surface area (Å²) in [4.78, 5) is 11.1. The minimum Gasteiger partial charge on any atom is -0.379 e. The number of hydrogen-bond acceptors (Lipinski definition) is 4. The number of hydrogen-bond donors (Lipinski definition) is 1. The van der Waals surface area contributed by atoms with Crippen molar-refractivity contribution in [2.75, 3.05) is 5.32 Å². The lowest BCUT2D eigenvalue weighted by molar-refractivity contribution is -0.384. The summed E-state index contributed by atoms with van der Waals surface area (Å²) in [5.41, 5.74) is 0.616. The molecule has 2 rings (SSSR count). The molecule has 0 amide bonds. The molecule has 100 valence electrons. The molecule has 0 aliphatic heterocycles. The molecule has 0 atom stereocenters. The van der Waals surface area contributed by atoms with Crippen LogP contribution in [0.1, 0.15) is 4.88 Å². The number of halogens is 3. The average molecular weight is 382 g/mol. The third kappa shape index (κ3) is 3.60. The van der Waals surface area contributed by atoms with Gasteiger partial charge in [0.1, 0.15) is 4.34 Å². The van der Waals surface area contributed by atoms with Gasteiger partial charge in [-0.25, -0.2) is 0 Å². The first-order valence-corrected chi connectivity index (χ1v) is 7.45. The summed E-state index contributed by atoms with van der Waals surface area (Å²) >= 11 is 16.7. The van der Waals surface area contributed by atoms with Gasteiger partial charge in [-0.1, -0.05) is 23.2 Å². The van der Waals surface area contributed by atoms with Crippen LogP contribution in [0.5, 0.6) is 0 Å². The highest BCUT2D eigenvalue weighted by atomic mass is 79.9. The Bertz CT molecular complexity index is 614. The summed E-state index contributed by atoms with van der Waals surface area (Å²) < 4.78 is 1.54. The Kier molecular flexibility index (Phi) is 4.67. The number of anilines is 1. The van der Waals surface area contributed by atoms with Crippen LogP contribution in [-0.4, -0.2) is 4.92 Å². The fraction of sp³-hybridized carbons (Fsp3) is 0.0909. The molecule has 1 N–H and O–H groups in total. The van der Waals surface area contributed by atoms with Gasteiger partial charge in [-0.15, -0.1) is 11.3 Å². The Labute approximate surface area is 131 Å². The molecule has 1 heterocycles. The van der Waals surface area contributed by atoms with Gasteiger partial charge in [-0.05, 0) is 28.1 Å². The zero-order valence-electron chi connectivity index (χ0n) is 9.32. The van der Waals surface area contributed by atoms with Gasteiger partial charge < -0.3 is 5.32 Å². The Balaban J connectivity index is 2.09. The summed E-state index contributed by atoms with van der Waals surface area (Å²) in [6.07, 6.45) is 0. The number of rotatable bonds is 4. The second-order valence-electron chi connectivity index (χ2n) is 3.61. The zero-order chi connectivity index (χ0) is 14.0. The third-order valence-electron chi connectivity index (χ3n) is 2.31. The van der Waals surface area contributed by atoms with Crippen molar-refractivity contribution in [1.29, 1.82) is 0 Å². The molecule has 19 heavy (non-hydrogen) atoms. The van der Waals surface area contributed by atoms with Gasteiger partial charge in [0.2, 0.25) is 0 Å². The fourth-order valence-electron chi connectivity index (χ4n) is 1.42. The molecule has 1 aromatic carbocycles. The van der Waals surface area contributed by atoms with Gasteiger partial charge in [0.25, 0.3) is 5.69 Å². The van der Waals surface area contributed by atoms with E-state index in [0.717, 1.165) is 9.35 Å². The molecule has 4 nitrogen and oxygen atoms in total. The van der Waals surface area contributed by atoms with Crippen LogP contribution in [0, 0.1) is 10.1 Å². The minimum absolute atomic E-state index is 0.0301. The van der Waals surface area contributed by atoms with Crippen LogP contribution in [0.4, 0.5) is 11.4 Å². The van der Waals surface area contributed by atoms with E-state index in [-0.39, 0.29) is 5.69 Å². The molecule has 0 radical (unpaired) electrons. The average Bonchev–Trinajstić information content (AvgIpc) is 2.67. The summed E-state index contributed by atoms with van der Waals surface area (Å²) in [7, 11) is 0. The summed E-state index contributed by atoms with van der Waals surface area (Å²) in [5, 5.41) is 14.0. The van der Waals surface area contributed by atoms with Crippen molar-refractivity contribution in [1.82, 2.24) is 0 Å². The lowest BCUT2D eigenvalue weighted by Gasteiger charge is -2.06. The van der Waals surface area contributed by atoms with Crippen LogP contribution >= 0.6 is 50.5 Å². The molecule has 1 aromatic heterocycles. The summed E-state index contributed by atoms with van der Waals surface area (Å²) in [6, 6.07) is 6.23. The quantitative estimate of drug-likeness (QED) is 0.574. The third-order valence-corrected chi connectivity index (χ3v) is 5.10. The molecule has 0 unspecified atom stereocenters. The molecule has 0 fully saturated rings. The van der Waals surface area contributed by atoms with Gasteiger partial charge in [0.05, 0.1) is 15.6 Å². The number of non-ortho nitro benzene ring substituents is 1. The van der Waals surface area contributed by atoms with Crippen LogP contribution < -0.4 is 5.32 Å². The van der Waals surface area contributed by atoms with Crippen LogP contribution in [0.3, 0.4) is 0 Å². The summed E-state index contributed by atoms with van der Waals surface area (Å²) in [6.45, 7) is 0.549. The number of nitro benzene ring substituents is 1. The maximum Gasteiger partial charge on any atom is 0.271 e. The summed E-state index contributed by atoms with van der Waals surface area (Å²) in [5.74, 6) is 0. The van der Waals surface area contributed by atoms with E-state index in [4.69, 9.17) is 23.2 Å². The van der Waals surface area contributed by atoms with E-state index < -0.39 is 4.92 Å². The van der Waals surface area contributed by atoms with Gasteiger partial charge in [0, 0.05) is 28.0 Å². The van der Waals surface area contributed by atoms with Crippen molar-refractivity contribution in [3.63, 3.8) is 0 Å². The van der Waals surface area contributed by atoms with Crippen LogP contribution in [0.15, 0.2) is 28.7 Å². The first kappa shape index (κ1) is 14.6. The smallest absolute Gasteiger partial charge is 0.271 e. The lowest BCUT2D eigenvalue weighted by Crippen LogP contribution is -1.98. The van der Waals surface area contributed by atoms with Crippen molar-refractivity contribution < 1.29 is 4.92 Å². The van der Waals surface area contributed by atoms with Crippen LogP contribution in [-0.2, 0) is 6.54 Å². The van der Waals surface area contributed by atoms with Crippen LogP contribution in [0.2, 0.25) is 9.36 Å². The van der Waals surface area contributed by atoms with Crippen molar-refractivity contribution in [2.24, 2.45) is 0 Å². The van der Waals surface area contributed by atoms with Crippen molar-refractivity contribution in [3.05, 3.63) is 53.1 Å². The standard InChI is InChI=1S/C11H7BrCl2N2O2S/c12-8-4-7(19-11(8)14)5-15-10-2-1-6(16(17)18)3-9(10)13/h1-4,15H,5H2. The zero-order valence-corrected chi connectivity index (χ0v) is 13.2. The van der Waals surface area contributed by atoms with Gasteiger partial charge >= 0.3 is 0 Å². The molecule has 0 saturated carbocycles. The SMILES string of the molecule is O=[N+]([O-])c1ccc(NCc2cc(Br)c(Cl)s2)c(Cl)c1. The fourth-order valence-corrected chi connectivity index (χ4v) is 3.39. The first-order chi connectivity index (χ1) is 8.97. The van der Waals surface area contributed by atoms with E-state index in [0.29, 0.717) is 21.6 Å². The molecular weight excluding hydrogens is 375 g/mol. The second-order valence-corrected chi connectivity index (χ2v) is 6.61. The molecule has 0 bridgehead atoms. The van der Waals surface area contributed by atoms with Crippen LogP contribution in [0.25, 0.3) is 0 Å². The Morgan fingerprint density at radius 2 is 2.11 bits per heavy atom. The topological polar surface area (TPSA) is 55.2 Å². The highest BCUT2D eigenvalue weighted by Gasteiger charge is 2.10. The number of benzene rings is 1. The van der Waals surface area contributed by atoms with Crippen molar-refractivity contribution in [2.45, 2.75) is 6.54 Å². The van der Waals surface area contributed by atoms with Crippen molar-refractivity contribution >= 4 is 61.8 Å². The molecule has 0 aliphatic rings. The molecular formula is C11H7BrCl2N2O2S. The molecule has 2 aromatic rings. The largest absolute Gasteiger partial charge is 0.379 e. The number of thiophene rings is 1. The molecule has 0 saturated heterocycles. The first-order valence-electron chi connectivity index (χ1n) is 5.09. The minimum atomic E-state index is -0.480. The highest BCUT2D eigenvalue weighted by molar-refractivity contribution is 9.10. The monoisotopic (exact) mass is 380 g/mol.